The molecule has 250 valence electrons. The number of hydrogen-bond acceptors (Lipinski definition) is 7. The first-order valence-electron chi connectivity index (χ1n) is 15.9. The molecule has 1 amide bonds. The molecule has 0 atom stereocenters. The van der Waals surface area contributed by atoms with Crippen LogP contribution < -0.4 is 29.6 Å². The van der Waals surface area contributed by atoms with Crippen LogP contribution in [-0.4, -0.2) is 71.1 Å². The number of carbonyl (C=O) groups excluding carboxylic acids is 2. The fraction of sp³-hybridized carbons (Fsp3) is 0.263. The molecule has 4 aromatic rings. The number of rotatable bonds is 17. The van der Waals surface area contributed by atoms with E-state index < -0.39 is 0 Å². The van der Waals surface area contributed by atoms with Gasteiger partial charge in [-0.25, -0.2) is 4.79 Å². The van der Waals surface area contributed by atoms with E-state index in [0.717, 1.165) is 40.3 Å². The molecule has 2 N–H and O–H groups in total. The fourth-order valence-corrected chi connectivity index (χ4v) is 6.38. The Morgan fingerprint density at radius 1 is 0.625 bits per heavy atom. The maximum atomic E-state index is 12.5. The second kappa shape index (κ2) is 19.4. The third-order valence-corrected chi connectivity index (χ3v) is 9.78. The van der Waals surface area contributed by atoms with E-state index in [4.69, 9.17) is 0 Å². The van der Waals surface area contributed by atoms with Gasteiger partial charge in [-0.15, -0.1) is 4.57 Å². The van der Waals surface area contributed by atoms with Crippen molar-refractivity contribution < 1.29 is 18.7 Å². The van der Waals surface area contributed by atoms with Crippen LogP contribution in [0.1, 0.15) is 27.0 Å². The van der Waals surface area contributed by atoms with Gasteiger partial charge in [-0.1, -0.05) is 70.2 Å². The van der Waals surface area contributed by atoms with E-state index in [1.165, 1.54) is 11.4 Å². The van der Waals surface area contributed by atoms with E-state index in [0.29, 0.717) is 6.54 Å². The number of amides is 1. The summed E-state index contributed by atoms with van der Waals surface area (Å²) in [7, 11) is 11.6. The lowest BCUT2D eigenvalue weighted by molar-refractivity contribution is -0.684. The molecule has 2 heterocycles. The Morgan fingerprint density at radius 2 is 1.06 bits per heavy atom. The summed E-state index contributed by atoms with van der Waals surface area (Å²) in [5.41, 5.74) is 6.72. The van der Waals surface area contributed by atoms with Crippen molar-refractivity contribution in [3.05, 3.63) is 120 Å². The summed E-state index contributed by atoms with van der Waals surface area (Å²) >= 11 is 0. The van der Waals surface area contributed by atoms with Gasteiger partial charge >= 0.3 is 5.91 Å². The Bertz CT molecular complexity index is 1640. The lowest BCUT2D eigenvalue weighted by Crippen LogP contribution is -2.47. The number of nitrogens with zero attached hydrogens (tertiary/aromatic N) is 4. The first-order chi connectivity index (χ1) is 23.3. The molecule has 2 aromatic carbocycles. The molecule has 0 unspecified atom stereocenters. The van der Waals surface area contributed by atoms with Gasteiger partial charge in [0, 0.05) is 88.4 Å². The second-order valence-corrected chi connectivity index (χ2v) is 14.2. The van der Waals surface area contributed by atoms with Gasteiger partial charge < -0.3 is 20.4 Å². The molecule has 2 aromatic heterocycles. The molecule has 0 aliphatic heterocycles. The number of anilines is 2. The number of nitrogens with one attached hydrogen (secondary N) is 2. The van der Waals surface area contributed by atoms with Crippen LogP contribution in [0.5, 0.6) is 0 Å². The molecule has 0 aliphatic rings. The largest absolute Gasteiger partial charge is 0.406 e. The monoisotopic (exact) mass is 682 g/mol. The summed E-state index contributed by atoms with van der Waals surface area (Å²) in [6, 6.07) is 24.7. The van der Waals surface area contributed by atoms with Gasteiger partial charge in [-0.2, -0.15) is 4.57 Å². The van der Waals surface area contributed by atoms with Crippen LogP contribution in [-0.2, 0) is 11.3 Å². The minimum absolute atomic E-state index is 0.000131. The third kappa shape index (κ3) is 12.7. The normalized spacial score (nSPS) is 11.2. The van der Waals surface area contributed by atoms with Crippen LogP contribution in [0.15, 0.2) is 97.6 Å². The Labute approximate surface area is 293 Å². The van der Waals surface area contributed by atoms with Crippen molar-refractivity contribution in [3.63, 3.8) is 0 Å². The average Bonchev–Trinajstić information content (AvgIpc) is 3.10. The zero-order valence-corrected chi connectivity index (χ0v) is 29.8. The van der Waals surface area contributed by atoms with Crippen molar-refractivity contribution in [1.29, 1.82) is 0 Å². The predicted molar refractivity (Wildman–Crippen MR) is 204 cm³/mol. The molecule has 0 saturated carbocycles. The SMILES string of the molecule is CN(C)c1ccc(/C=C/c2cc[n+](CC(=O)NCCSSCCNCC(=O)[n+]3ccc(/C=C/c4ccc(N(C)C)cc4)cc3)cc2)cc1. The molecule has 0 bridgehead atoms. The van der Waals surface area contributed by atoms with Crippen LogP contribution in [0.25, 0.3) is 24.3 Å². The van der Waals surface area contributed by atoms with Crippen molar-refractivity contribution in [2.24, 2.45) is 0 Å². The number of carbonyl (C=O) groups is 2. The lowest BCUT2D eigenvalue weighted by Gasteiger charge is -2.11. The first-order valence-corrected chi connectivity index (χ1v) is 18.4. The smallest absolute Gasteiger partial charge is 0.378 e. The zero-order chi connectivity index (χ0) is 34.1. The highest BCUT2D eigenvalue weighted by Crippen LogP contribution is 2.19. The highest BCUT2D eigenvalue weighted by molar-refractivity contribution is 8.76. The lowest BCUT2D eigenvalue weighted by atomic mass is 10.1. The molecule has 0 radical (unpaired) electrons. The number of benzene rings is 2. The molecule has 0 saturated heterocycles. The van der Waals surface area contributed by atoms with Gasteiger partial charge in [-0.3, -0.25) is 4.79 Å². The summed E-state index contributed by atoms with van der Waals surface area (Å²) in [4.78, 5) is 29.1. The fourth-order valence-electron chi connectivity index (χ4n) is 4.52. The quantitative estimate of drug-likeness (QED) is 0.0906. The predicted octanol–water partition coefficient (Wildman–Crippen LogP) is 5.16. The number of pyridine rings is 2. The summed E-state index contributed by atoms with van der Waals surface area (Å²) in [5, 5.41) is 6.20. The Balaban J connectivity index is 1.03. The average molecular weight is 683 g/mol. The summed E-state index contributed by atoms with van der Waals surface area (Å²) < 4.78 is 3.49. The Hall–Kier alpha value is -4.38. The molecule has 48 heavy (non-hydrogen) atoms. The zero-order valence-electron chi connectivity index (χ0n) is 28.2. The van der Waals surface area contributed by atoms with Gasteiger partial charge in [0.15, 0.2) is 24.8 Å². The van der Waals surface area contributed by atoms with E-state index in [-0.39, 0.29) is 24.9 Å². The van der Waals surface area contributed by atoms with Crippen molar-refractivity contribution in [2.75, 3.05) is 69.1 Å². The van der Waals surface area contributed by atoms with E-state index in [9.17, 15) is 9.59 Å². The van der Waals surface area contributed by atoms with Crippen LogP contribution in [0.3, 0.4) is 0 Å². The maximum Gasteiger partial charge on any atom is 0.406 e. The van der Waals surface area contributed by atoms with Crippen LogP contribution >= 0.6 is 21.6 Å². The van der Waals surface area contributed by atoms with E-state index in [1.807, 2.05) is 75.5 Å². The molecule has 10 heteroatoms. The van der Waals surface area contributed by atoms with Crippen LogP contribution in [0.2, 0.25) is 0 Å². The van der Waals surface area contributed by atoms with Crippen LogP contribution in [0.4, 0.5) is 11.4 Å². The van der Waals surface area contributed by atoms with Crippen molar-refractivity contribution in [2.45, 2.75) is 6.54 Å². The highest BCUT2D eigenvalue weighted by Gasteiger charge is 2.13. The van der Waals surface area contributed by atoms with Crippen molar-refractivity contribution in [1.82, 2.24) is 10.6 Å². The number of hydrogen-bond donors (Lipinski definition) is 2. The van der Waals surface area contributed by atoms with E-state index in [2.05, 4.69) is 87.2 Å². The van der Waals surface area contributed by atoms with Crippen LogP contribution in [0, 0.1) is 0 Å². The molecule has 0 aliphatic carbocycles. The van der Waals surface area contributed by atoms with Gasteiger partial charge in [0.25, 0.3) is 5.91 Å². The Kier molecular flexibility index (Phi) is 14.8. The molecular weight excluding hydrogens is 637 g/mol. The van der Waals surface area contributed by atoms with Gasteiger partial charge in [-0.05, 0) is 46.5 Å². The van der Waals surface area contributed by atoms with E-state index >= 15 is 0 Å². The minimum Gasteiger partial charge on any atom is -0.378 e. The standard InChI is InChI=1S/C38H45N6O2S2/c1-41(2)35-13-9-31(10-14-35)5-7-33-17-23-43(24-18-33)30-37(45)40-22-28-48-47-27-21-39-29-38(46)44-25-19-34(20-26-44)8-6-32-11-15-36(16-12-32)42(3)4/h5-20,23-26,39H,21-22,27-30H2,1-4H3/q+1/p+1. The summed E-state index contributed by atoms with van der Waals surface area (Å²) in [6.45, 7) is 1.91. The topological polar surface area (TPSA) is 72.4 Å². The third-order valence-electron chi connectivity index (χ3n) is 7.37. The maximum absolute atomic E-state index is 12.5. The van der Waals surface area contributed by atoms with Gasteiger partial charge in [0.05, 0.1) is 0 Å². The van der Waals surface area contributed by atoms with Crippen molar-refractivity contribution in [3.8, 4) is 0 Å². The molecule has 0 spiro atoms. The Morgan fingerprint density at radius 3 is 1.54 bits per heavy atom. The van der Waals surface area contributed by atoms with Crippen molar-refractivity contribution >= 4 is 69.1 Å². The molecule has 0 fully saturated rings. The highest BCUT2D eigenvalue weighted by atomic mass is 33.1. The molecular formula is C38H46N6O2S2+2. The minimum atomic E-state index is -0.00786. The summed E-state index contributed by atoms with van der Waals surface area (Å²) in [6.07, 6.45) is 15.7. The second-order valence-electron chi connectivity index (χ2n) is 11.5. The van der Waals surface area contributed by atoms with Gasteiger partial charge in [0.1, 0.15) is 6.54 Å². The van der Waals surface area contributed by atoms with Gasteiger partial charge in [0.2, 0.25) is 6.54 Å². The molecule has 4 rings (SSSR count). The first kappa shape index (κ1) is 36.5. The number of aromatic nitrogens is 2. The van der Waals surface area contributed by atoms with E-state index in [1.54, 1.807) is 38.5 Å². The summed E-state index contributed by atoms with van der Waals surface area (Å²) in [5.74, 6) is 1.68. The molecule has 8 nitrogen and oxygen atoms in total.